The third kappa shape index (κ3) is 4.42. The number of anilines is 2. The first-order valence-corrected chi connectivity index (χ1v) is 10.7. The molecule has 0 aliphatic heterocycles. The molecule has 2 aromatic carbocycles. The first-order valence-electron chi connectivity index (χ1n) is 10.7. The molecule has 0 fully saturated rings. The summed E-state index contributed by atoms with van der Waals surface area (Å²) in [5.41, 5.74) is 2.18. The molecule has 0 saturated heterocycles. The van der Waals surface area contributed by atoms with Gasteiger partial charge in [-0.15, -0.1) is 0 Å². The average Bonchev–Trinajstić information content (AvgIpc) is 3.37. The molecule has 2 N–H and O–H groups in total. The highest BCUT2D eigenvalue weighted by molar-refractivity contribution is 6.05. The molecule has 0 radical (unpaired) electrons. The van der Waals surface area contributed by atoms with Crippen molar-refractivity contribution in [1.82, 2.24) is 9.36 Å². The number of nitrogens with zero attached hydrogens (tertiary/aromatic N) is 2. The smallest absolute Gasteiger partial charge is 0.295 e. The monoisotopic (exact) mass is 430 g/mol. The molecule has 1 heterocycles. The zero-order valence-corrected chi connectivity index (χ0v) is 18.2. The standard InChI is InChI=1S/C25H26N4O3/c1-17-23(25(32)29(28(17)2)21-13-4-3-5-14-21)27-24(31)19-11-8-12-20(16-19)26-22(30)15-18-9-6-7-10-18/h3-6,8-9,11-14,16,18H,7,10,15H2,1-2H3,(H,26,30)(H,27,31). The van der Waals surface area contributed by atoms with Gasteiger partial charge in [-0.3, -0.25) is 19.1 Å². The van der Waals surface area contributed by atoms with Crippen molar-refractivity contribution in [3.63, 3.8) is 0 Å². The molecule has 32 heavy (non-hydrogen) atoms. The van der Waals surface area contributed by atoms with E-state index >= 15 is 0 Å². The van der Waals surface area contributed by atoms with Crippen LogP contribution in [0.5, 0.6) is 0 Å². The lowest BCUT2D eigenvalue weighted by atomic mass is 10.0. The van der Waals surface area contributed by atoms with Crippen LogP contribution in [0.15, 0.2) is 71.5 Å². The molecular formula is C25H26N4O3. The Kier molecular flexibility index (Phi) is 6.07. The van der Waals surface area contributed by atoms with Crippen molar-refractivity contribution in [1.29, 1.82) is 0 Å². The minimum atomic E-state index is -0.411. The molecule has 2 amide bonds. The lowest BCUT2D eigenvalue weighted by molar-refractivity contribution is -0.116. The molecule has 0 saturated carbocycles. The van der Waals surface area contributed by atoms with Crippen molar-refractivity contribution < 1.29 is 9.59 Å². The van der Waals surface area contributed by atoms with Gasteiger partial charge in [0.1, 0.15) is 5.69 Å². The van der Waals surface area contributed by atoms with E-state index in [1.54, 1.807) is 42.9 Å². The van der Waals surface area contributed by atoms with Gasteiger partial charge in [-0.25, -0.2) is 4.68 Å². The molecule has 0 spiro atoms. The molecule has 1 aliphatic carbocycles. The highest BCUT2D eigenvalue weighted by Crippen LogP contribution is 2.21. The second kappa shape index (κ2) is 9.09. The molecule has 4 rings (SSSR count). The maximum Gasteiger partial charge on any atom is 0.295 e. The summed E-state index contributed by atoms with van der Waals surface area (Å²) in [6.07, 6.45) is 6.61. The predicted octanol–water partition coefficient (Wildman–Crippen LogP) is 4.03. The number of carbonyl (C=O) groups excluding carboxylic acids is 2. The van der Waals surface area contributed by atoms with E-state index in [0.717, 1.165) is 12.8 Å². The Hall–Kier alpha value is -3.87. The maximum atomic E-state index is 13.0. The second-order valence-electron chi connectivity index (χ2n) is 7.99. The van der Waals surface area contributed by atoms with Crippen LogP contribution >= 0.6 is 0 Å². The van der Waals surface area contributed by atoms with E-state index < -0.39 is 5.91 Å². The van der Waals surface area contributed by atoms with Crippen molar-refractivity contribution in [2.75, 3.05) is 10.6 Å². The van der Waals surface area contributed by atoms with E-state index in [9.17, 15) is 14.4 Å². The topological polar surface area (TPSA) is 85.1 Å². The quantitative estimate of drug-likeness (QED) is 0.579. The summed E-state index contributed by atoms with van der Waals surface area (Å²) >= 11 is 0. The Morgan fingerprint density at radius 1 is 1.06 bits per heavy atom. The van der Waals surface area contributed by atoms with Gasteiger partial charge in [0.15, 0.2) is 0 Å². The molecule has 1 atom stereocenters. The Morgan fingerprint density at radius 3 is 2.56 bits per heavy atom. The lowest BCUT2D eigenvalue weighted by Crippen LogP contribution is -2.23. The molecule has 0 bridgehead atoms. The third-order valence-corrected chi connectivity index (χ3v) is 5.76. The van der Waals surface area contributed by atoms with Crippen molar-refractivity contribution in [2.24, 2.45) is 13.0 Å². The number of amides is 2. The number of allylic oxidation sites excluding steroid dienone is 2. The van der Waals surface area contributed by atoms with E-state index in [-0.39, 0.29) is 23.1 Å². The van der Waals surface area contributed by atoms with Crippen LogP contribution in [-0.4, -0.2) is 21.2 Å². The first kappa shape index (κ1) is 21.4. The predicted molar refractivity (Wildman–Crippen MR) is 125 cm³/mol. The maximum absolute atomic E-state index is 13.0. The third-order valence-electron chi connectivity index (χ3n) is 5.76. The van der Waals surface area contributed by atoms with Gasteiger partial charge in [0, 0.05) is 24.7 Å². The molecule has 1 aliphatic rings. The van der Waals surface area contributed by atoms with Crippen LogP contribution in [0.3, 0.4) is 0 Å². The fourth-order valence-electron chi connectivity index (χ4n) is 3.95. The van der Waals surface area contributed by atoms with Gasteiger partial charge in [-0.2, -0.15) is 0 Å². The van der Waals surface area contributed by atoms with Gasteiger partial charge in [0.2, 0.25) is 5.91 Å². The van der Waals surface area contributed by atoms with Gasteiger partial charge in [0.05, 0.1) is 11.4 Å². The highest BCUT2D eigenvalue weighted by Gasteiger charge is 2.19. The highest BCUT2D eigenvalue weighted by atomic mass is 16.2. The van der Waals surface area contributed by atoms with Crippen molar-refractivity contribution >= 4 is 23.2 Å². The number of carbonyl (C=O) groups is 2. The van der Waals surface area contributed by atoms with E-state index in [2.05, 4.69) is 22.8 Å². The van der Waals surface area contributed by atoms with Crippen molar-refractivity contribution in [2.45, 2.75) is 26.2 Å². The Balaban J connectivity index is 1.51. The normalized spacial score (nSPS) is 15.0. The SMILES string of the molecule is Cc1c(NC(=O)c2cccc(NC(=O)CC3C=CCC3)c2)c(=O)n(-c2ccccc2)n1C. The van der Waals surface area contributed by atoms with E-state index in [1.807, 2.05) is 30.3 Å². The fourth-order valence-corrected chi connectivity index (χ4v) is 3.95. The Bertz CT molecular complexity index is 1240. The van der Waals surface area contributed by atoms with Crippen LogP contribution in [0.25, 0.3) is 5.69 Å². The lowest BCUT2D eigenvalue weighted by Gasteiger charge is -2.10. The van der Waals surface area contributed by atoms with E-state index in [4.69, 9.17) is 0 Å². The van der Waals surface area contributed by atoms with Gasteiger partial charge < -0.3 is 10.6 Å². The number of hydrogen-bond donors (Lipinski definition) is 2. The number of rotatable bonds is 6. The van der Waals surface area contributed by atoms with Crippen molar-refractivity contribution in [3.8, 4) is 5.69 Å². The summed E-state index contributed by atoms with van der Waals surface area (Å²) in [7, 11) is 1.77. The molecular weight excluding hydrogens is 404 g/mol. The van der Waals surface area contributed by atoms with E-state index in [1.165, 1.54) is 4.68 Å². The summed E-state index contributed by atoms with van der Waals surface area (Å²) < 4.78 is 3.22. The summed E-state index contributed by atoms with van der Waals surface area (Å²) in [6.45, 7) is 1.78. The van der Waals surface area contributed by atoms with E-state index in [0.29, 0.717) is 29.1 Å². The molecule has 7 nitrogen and oxygen atoms in total. The fraction of sp³-hybridized carbons (Fsp3) is 0.240. The summed E-state index contributed by atoms with van der Waals surface area (Å²) in [5.74, 6) is -0.219. The van der Waals surface area contributed by atoms with Crippen LogP contribution in [-0.2, 0) is 11.8 Å². The number of aromatic nitrogens is 2. The van der Waals surface area contributed by atoms with Gasteiger partial charge in [0.25, 0.3) is 11.5 Å². The van der Waals surface area contributed by atoms with Crippen LogP contribution in [0.2, 0.25) is 0 Å². The number of nitrogens with one attached hydrogen (secondary N) is 2. The average molecular weight is 431 g/mol. The van der Waals surface area contributed by atoms with Gasteiger partial charge >= 0.3 is 0 Å². The molecule has 1 aromatic heterocycles. The van der Waals surface area contributed by atoms with Gasteiger partial charge in [-0.1, -0.05) is 36.4 Å². The minimum absolute atomic E-state index is 0.0799. The first-order chi connectivity index (χ1) is 15.4. The van der Waals surface area contributed by atoms with Crippen LogP contribution in [0.1, 0.15) is 35.3 Å². The largest absolute Gasteiger partial charge is 0.326 e. The minimum Gasteiger partial charge on any atom is -0.326 e. The Morgan fingerprint density at radius 2 is 1.84 bits per heavy atom. The molecule has 7 heteroatoms. The number of para-hydroxylation sites is 1. The summed E-state index contributed by atoms with van der Waals surface area (Å²) in [5, 5.41) is 5.61. The molecule has 1 unspecified atom stereocenters. The van der Waals surface area contributed by atoms with Crippen LogP contribution in [0.4, 0.5) is 11.4 Å². The number of hydrogen-bond acceptors (Lipinski definition) is 3. The number of benzene rings is 2. The van der Waals surface area contributed by atoms with Gasteiger partial charge in [-0.05, 0) is 56.0 Å². The zero-order chi connectivity index (χ0) is 22.7. The Labute approximate surface area is 186 Å². The van der Waals surface area contributed by atoms with Crippen LogP contribution < -0.4 is 16.2 Å². The molecule has 164 valence electrons. The zero-order valence-electron chi connectivity index (χ0n) is 18.2. The van der Waals surface area contributed by atoms with Crippen LogP contribution in [0, 0.1) is 12.8 Å². The second-order valence-corrected chi connectivity index (χ2v) is 7.99. The van der Waals surface area contributed by atoms with Crippen molar-refractivity contribution in [3.05, 3.63) is 88.4 Å². The summed E-state index contributed by atoms with van der Waals surface area (Å²) in [4.78, 5) is 38.2. The summed E-state index contributed by atoms with van der Waals surface area (Å²) in [6, 6.07) is 16.0. The molecule has 3 aromatic rings.